The van der Waals surface area contributed by atoms with E-state index in [1.54, 1.807) is 18.2 Å². The summed E-state index contributed by atoms with van der Waals surface area (Å²) in [5.41, 5.74) is 0.805. The molecule has 5 heteroatoms. The number of amides is 1. The average Bonchev–Trinajstić information content (AvgIpc) is 2.85. The van der Waals surface area contributed by atoms with E-state index in [1.807, 2.05) is 0 Å². The lowest BCUT2D eigenvalue weighted by molar-refractivity contribution is -0.116. The van der Waals surface area contributed by atoms with Gasteiger partial charge in [-0.05, 0) is 30.2 Å². The fourth-order valence-electron chi connectivity index (χ4n) is 1.70. The molecule has 1 aromatic carbocycles. The van der Waals surface area contributed by atoms with Crippen LogP contribution in [0.3, 0.4) is 0 Å². The molecule has 1 N–H and O–H groups in total. The summed E-state index contributed by atoms with van der Waals surface area (Å²) in [7, 11) is 0. The third-order valence-electron chi connectivity index (χ3n) is 2.71. The molecule has 0 saturated carbocycles. The standard InChI is InChI=1S/C14H16ClNO3/c1-2-3-6-16-13(17)5-4-10-7-11(15)14-12(8-10)18-9-19-14/h4-5,7-8H,2-3,6,9H2,1H3,(H,16,17). The molecule has 0 unspecified atom stereocenters. The van der Waals surface area contributed by atoms with Crippen molar-refractivity contribution < 1.29 is 14.3 Å². The largest absolute Gasteiger partial charge is 0.454 e. The van der Waals surface area contributed by atoms with Gasteiger partial charge in [0.2, 0.25) is 12.7 Å². The zero-order valence-corrected chi connectivity index (χ0v) is 11.5. The highest BCUT2D eigenvalue weighted by atomic mass is 35.5. The van der Waals surface area contributed by atoms with Crippen LogP contribution in [0, 0.1) is 0 Å². The third kappa shape index (κ3) is 3.64. The third-order valence-corrected chi connectivity index (χ3v) is 2.99. The quantitative estimate of drug-likeness (QED) is 0.667. The van der Waals surface area contributed by atoms with Crippen molar-refractivity contribution in [3.8, 4) is 11.5 Å². The van der Waals surface area contributed by atoms with Gasteiger partial charge < -0.3 is 14.8 Å². The number of unbranched alkanes of at least 4 members (excludes halogenated alkanes) is 1. The number of hydrogen-bond donors (Lipinski definition) is 1. The lowest BCUT2D eigenvalue weighted by Gasteiger charge is -2.02. The van der Waals surface area contributed by atoms with E-state index >= 15 is 0 Å². The van der Waals surface area contributed by atoms with Crippen molar-refractivity contribution in [2.75, 3.05) is 13.3 Å². The molecule has 0 bridgehead atoms. The molecule has 2 rings (SSSR count). The van der Waals surface area contributed by atoms with Crippen LogP contribution >= 0.6 is 11.6 Å². The van der Waals surface area contributed by atoms with Gasteiger partial charge in [0.15, 0.2) is 11.5 Å². The van der Waals surface area contributed by atoms with Crippen LogP contribution in [-0.2, 0) is 4.79 Å². The number of hydrogen-bond acceptors (Lipinski definition) is 3. The number of benzene rings is 1. The summed E-state index contributed by atoms with van der Waals surface area (Å²) in [6.45, 7) is 2.96. The van der Waals surface area contributed by atoms with Crippen LogP contribution in [0.1, 0.15) is 25.3 Å². The lowest BCUT2D eigenvalue weighted by atomic mass is 10.2. The van der Waals surface area contributed by atoms with E-state index in [1.165, 1.54) is 6.08 Å². The van der Waals surface area contributed by atoms with Gasteiger partial charge in [0, 0.05) is 12.6 Å². The topological polar surface area (TPSA) is 47.6 Å². The van der Waals surface area contributed by atoms with E-state index in [0.717, 1.165) is 18.4 Å². The summed E-state index contributed by atoms with van der Waals surface area (Å²) in [4.78, 5) is 11.5. The first-order chi connectivity index (χ1) is 9.20. The van der Waals surface area contributed by atoms with Gasteiger partial charge in [0.25, 0.3) is 0 Å². The fraction of sp³-hybridized carbons (Fsp3) is 0.357. The van der Waals surface area contributed by atoms with Crippen LogP contribution in [0.5, 0.6) is 11.5 Å². The highest BCUT2D eigenvalue weighted by Gasteiger charge is 2.17. The van der Waals surface area contributed by atoms with E-state index in [0.29, 0.717) is 23.1 Å². The summed E-state index contributed by atoms with van der Waals surface area (Å²) in [6.07, 6.45) is 5.23. The summed E-state index contributed by atoms with van der Waals surface area (Å²) in [5.74, 6) is 1.06. The SMILES string of the molecule is CCCCNC(=O)C=Cc1cc(Cl)c2c(c1)OCO2. The second-order valence-electron chi connectivity index (χ2n) is 4.21. The van der Waals surface area contributed by atoms with Crippen molar-refractivity contribution in [3.05, 3.63) is 28.8 Å². The van der Waals surface area contributed by atoms with Gasteiger partial charge in [0.05, 0.1) is 5.02 Å². The summed E-state index contributed by atoms with van der Waals surface area (Å²) >= 11 is 6.05. The molecule has 0 spiro atoms. The Kier molecular flexibility index (Phi) is 4.68. The Morgan fingerprint density at radius 1 is 1.47 bits per heavy atom. The molecule has 0 fully saturated rings. The van der Waals surface area contributed by atoms with Gasteiger partial charge in [-0.3, -0.25) is 4.79 Å². The first-order valence-corrected chi connectivity index (χ1v) is 6.63. The Morgan fingerprint density at radius 2 is 2.32 bits per heavy atom. The smallest absolute Gasteiger partial charge is 0.243 e. The Labute approximate surface area is 117 Å². The Morgan fingerprint density at radius 3 is 3.11 bits per heavy atom. The van der Waals surface area contributed by atoms with Gasteiger partial charge in [-0.1, -0.05) is 24.9 Å². The number of rotatable bonds is 5. The van der Waals surface area contributed by atoms with Crippen LogP contribution in [-0.4, -0.2) is 19.2 Å². The average molecular weight is 282 g/mol. The van der Waals surface area contributed by atoms with Crippen LogP contribution in [0.15, 0.2) is 18.2 Å². The Hall–Kier alpha value is -1.68. The number of nitrogens with one attached hydrogen (secondary N) is 1. The molecule has 4 nitrogen and oxygen atoms in total. The van der Waals surface area contributed by atoms with E-state index in [2.05, 4.69) is 12.2 Å². The van der Waals surface area contributed by atoms with E-state index < -0.39 is 0 Å². The molecule has 0 atom stereocenters. The maximum absolute atomic E-state index is 11.5. The summed E-state index contributed by atoms with van der Waals surface area (Å²) in [6, 6.07) is 3.54. The highest BCUT2D eigenvalue weighted by Crippen LogP contribution is 2.39. The number of ether oxygens (including phenoxy) is 2. The molecule has 1 aliphatic heterocycles. The fourth-order valence-corrected chi connectivity index (χ4v) is 1.98. The van der Waals surface area contributed by atoms with Gasteiger partial charge in [0.1, 0.15) is 0 Å². The second kappa shape index (κ2) is 6.48. The minimum Gasteiger partial charge on any atom is -0.454 e. The van der Waals surface area contributed by atoms with Gasteiger partial charge >= 0.3 is 0 Å². The van der Waals surface area contributed by atoms with Crippen molar-refractivity contribution in [3.63, 3.8) is 0 Å². The first-order valence-electron chi connectivity index (χ1n) is 6.25. The van der Waals surface area contributed by atoms with Crippen molar-refractivity contribution in [1.29, 1.82) is 0 Å². The molecule has 1 heterocycles. The normalized spacial score (nSPS) is 12.9. The predicted molar refractivity (Wildman–Crippen MR) is 74.5 cm³/mol. The lowest BCUT2D eigenvalue weighted by Crippen LogP contribution is -2.21. The Bertz CT molecular complexity index is 500. The van der Waals surface area contributed by atoms with E-state index in [9.17, 15) is 4.79 Å². The molecule has 19 heavy (non-hydrogen) atoms. The molecule has 0 aromatic heterocycles. The molecular formula is C14H16ClNO3. The van der Waals surface area contributed by atoms with Gasteiger partial charge in [-0.2, -0.15) is 0 Å². The molecule has 1 amide bonds. The summed E-state index contributed by atoms with van der Waals surface area (Å²) < 4.78 is 10.5. The Balaban J connectivity index is 1.99. The molecule has 0 radical (unpaired) electrons. The highest BCUT2D eigenvalue weighted by molar-refractivity contribution is 6.32. The maximum atomic E-state index is 11.5. The number of carbonyl (C=O) groups excluding carboxylic acids is 1. The number of carbonyl (C=O) groups is 1. The zero-order valence-electron chi connectivity index (χ0n) is 10.7. The monoisotopic (exact) mass is 281 g/mol. The first kappa shape index (κ1) is 13.7. The maximum Gasteiger partial charge on any atom is 0.243 e. The minimum absolute atomic E-state index is 0.109. The number of fused-ring (bicyclic) bond motifs is 1. The van der Waals surface area contributed by atoms with E-state index in [-0.39, 0.29) is 12.7 Å². The molecule has 1 aliphatic rings. The van der Waals surface area contributed by atoms with Crippen molar-refractivity contribution in [2.45, 2.75) is 19.8 Å². The van der Waals surface area contributed by atoms with Crippen LogP contribution in [0.25, 0.3) is 6.08 Å². The molecule has 102 valence electrons. The number of halogens is 1. The van der Waals surface area contributed by atoms with Crippen molar-refractivity contribution in [2.24, 2.45) is 0 Å². The van der Waals surface area contributed by atoms with Crippen LogP contribution < -0.4 is 14.8 Å². The summed E-state index contributed by atoms with van der Waals surface area (Å²) in [5, 5.41) is 3.29. The zero-order chi connectivity index (χ0) is 13.7. The predicted octanol–water partition coefficient (Wildman–Crippen LogP) is 3.00. The van der Waals surface area contributed by atoms with Crippen molar-refractivity contribution in [1.82, 2.24) is 5.32 Å². The minimum atomic E-state index is -0.109. The van der Waals surface area contributed by atoms with Crippen LogP contribution in [0.2, 0.25) is 5.02 Å². The van der Waals surface area contributed by atoms with E-state index in [4.69, 9.17) is 21.1 Å². The molecule has 0 aliphatic carbocycles. The van der Waals surface area contributed by atoms with Crippen LogP contribution in [0.4, 0.5) is 0 Å². The second-order valence-corrected chi connectivity index (χ2v) is 4.62. The van der Waals surface area contributed by atoms with Crippen molar-refractivity contribution >= 4 is 23.6 Å². The molecule has 1 aromatic rings. The molecule has 0 saturated heterocycles. The molecular weight excluding hydrogens is 266 g/mol. The van der Waals surface area contributed by atoms with Gasteiger partial charge in [-0.15, -0.1) is 0 Å². The van der Waals surface area contributed by atoms with Gasteiger partial charge in [-0.25, -0.2) is 0 Å².